The van der Waals surface area contributed by atoms with Crippen LogP contribution in [0, 0.1) is 5.92 Å². The molecule has 0 spiro atoms. The standard InChI is InChI=1S/C21H28N4O2/c1-2-3-11-22-21(27)18-10-7-12-24(16-18)19-13-20(26)25(23-14-19)15-17-8-5-4-6-9-17/h4-6,8-9,13-14,18H,2-3,7,10-12,15-16H2,1H3,(H,22,27). The molecule has 1 unspecified atom stereocenters. The molecule has 0 saturated carbocycles. The molecule has 2 heterocycles. The van der Waals surface area contributed by atoms with Gasteiger partial charge >= 0.3 is 0 Å². The van der Waals surface area contributed by atoms with Crippen LogP contribution < -0.4 is 15.8 Å². The van der Waals surface area contributed by atoms with Crippen LogP contribution in [0.25, 0.3) is 0 Å². The van der Waals surface area contributed by atoms with Gasteiger partial charge in [-0.25, -0.2) is 4.68 Å². The maximum atomic E-state index is 12.5. The smallest absolute Gasteiger partial charge is 0.269 e. The number of hydrogen-bond donors (Lipinski definition) is 1. The highest BCUT2D eigenvalue weighted by molar-refractivity contribution is 5.79. The molecule has 3 rings (SSSR count). The van der Waals surface area contributed by atoms with Crippen molar-refractivity contribution in [3.05, 3.63) is 58.5 Å². The van der Waals surface area contributed by atoms with E-state index in [9.17, 15) is 9.59 Å². The van der Waals surface area contributed by atoms with Crippen molar-refractivity contribution in [2.45, 2.75) is 39.2 Å². The molecule has 2 aromatic rings. The minimum atomic E-state index is -0.120. The molecule has 1 N–H and O–H groups in total. The number of nitrogens with one attached hydrogen (secondary N) is 1. The number of nitrogens with zero attached hydrogens (tertiary/aromatic N) is 3. The summed E-state index contributed by atoms with van der Waals surface area (Å²) in [5.41, 5.74) is 1.72. The van der Waals surface area contributed by atoms with Crippen molar-refractivity contribution in [3.8, 4) is 0 Å². The van der Waals surface area contributed by atoms with Crippen LogP contribution in [-0.2, 0) is 11.3 Å². The van der Waals surface area contributed by atoms with E-state index in [-0.39, 0.29) is 17.4 Å². The molecular formula is C21H28N4O2. The van der Waals surface area contributed by atoms with Crippen LogP contribution in [0.4, 0.5) is 5.69 Å². The molecule has 6 nitrogen and oxygen atoms in total. The highest BCUT2D eigenvalue weighted by Gasteiger charge is 2.26. The van der Waals surface area contributed by atoms with Crippen LogP contribution in [0.1, 0.15) is 38.2 Å². The lowest BCUT2D eigenvalue weighted by Crippen LogP contribution is -2.43. The Morgan fingerprint density at radius 1 is 1.30 bits per heavy atom. The van der Waals surface area contributed by atoms with E-state index < -0.39 is 0 Å². The predicted octanol–water partition coefficient (Wildman–Crippen LogP) is 2.42. The zero-order valence-electron chi connectivity index (χ0n) is 15.9. The summed E-state index contributed by atoms with van der Waals surface area (Å²) in [6.45, 7) is 4.80. The lowest BCUT2D eigenvalue weighted by atomic mass is 9.96. The topological polar surface area (TPSA) is 67.2 Å². The van der Waals surface area contributed by atoms with Crippen molar-refractivity contribution >= 4 is 11.6 Å². The first-order chi connectivity index (χ1) is 13.2. The second-order valence-electron chi connectivity index (χ2n) is 7.13. The largest absolute Gasteiger partial charge is 0.369 e. The molecule has 1 aliphatic rings. The summed E-state index contributed by atoms with van der Waals surface area (Å²) in [7, 11) is 0. The van der Waals surface area contributed by atoms with Crippen molar-refractivity contribution in [2.24, 2.45) is 5.92 Å². The number of carbonyl (C=O) groups excluding carboxylic acids is 1. The Kier molecular flexibility index (Phi) is 6.63. The van der Waals surface area contributed by atoms with Crippen molar-refractivity contribution in [1.82, 2.24) is 15.1 Å². The van der Waals surface area contributed by atoms with Crippen molar-refractivity contribution < 1.29 is 4.79 Å². The fourth-order valence-corrected chi connectivity index (χ4v) is 3.43. The number of rotatable bonds is 7. The van der Waals surface area contributed by atoms with Crippen LogP contribution in [0.15, 0.2) is 47.4 Å². The molecule has 1 saturated heterocycles. The van der Waals surface area contributed by atoms with Crippen molar-refractivity contribution in [2.75, 3.05) is 24.5 Å². The third-order valence-corrected chi connectivity index (χ3v) is 5.02. The predicted molar refractivity (Wildman–Crippen MR) is 107 cm³/mol. The monoisotopic (exact) mass is 368 g/mol. The van der Waals surface area contributed by atoms with Crippen molar-refractivity contribution in [1.29, 1.82) is 0 Å². The molecule has 1 aliphatic heterocycles. The van der Waals surface area contributed by atoms with Crippen LogP contribution in [0.3, 0.4) is 0 Å². The maximum Gasteiger partial charge on any atom is 0.269 e. The number of unbranched alkanes of at least 4 members (excludes halogenated alkanes) is 1. The number of benzene rings is 1. The Bertz CT molecular complexity index is 803. The first-order valence-electron chi connectivity index (χ1n) is 9.81. The molecule has 27 heavy (non-hydrogen) atoms. The number of aromatic nitrogens is 2. The Labute approximate surface area is 160 Å². The summed E-state index contributed by atoms with van der Waals surface area (Å²) >= 11 is 0. The fourth-order valence-electron chi connectivity index (χ4n) is 3.43. The molecule has 144 valence electrons. The van der Waals surface area contributed by atoms with Crippen molar-refractivity contribution in [3.63, 3.8) is 0 Å². The van der Waals surface area contributed by atoms with E-state index in [1.165, 1.54) is 4.68 Å². The number of amides is 1. The first-order valence-corrected chi connectivity index (χ1v) is 9.81. The van der Waals surface area contributed by atoms with E-state index >= 15 is 0 Å². The van der Waals surface area contributed by atoms with Gasteiger partial charge in [0.05, 0.1) is 24.3 Å². The molecule has 1 aromatic heterocycles. The van der Waals surface area contributed by atoms with Crippen LogP contribution in [-0.4, -0.2) is 35.3 Å². The summed E-state index contributed by atoms with van der Waals surface area (Å²) in [5, 5.41) is 7.37. The maximum absolute atomic E-state index is 12.5. The molecule has 0 bridgehead atoms. The van der Waals surface area contributed by atoms with Gasteiger partial charge in [0.1, 0.15) is 0 Å². The third kappa shape index (κ3) is 5.18. The minimum Gasteiger partial charge on any atom is -0.369 e. The van der Waals surface area contributed by atoms with Gasteiger partial charge in [0.2, 0.25) is 5.91 Å². The summed E-state index contributed by atoms with van der Waals surface area (Å²) in [6, 6.07) is 11.5. The minimum absolute atomic E-state index is 0.0256. The second-order valence-corrected chi connectivity index (χ2v) is 7.13. The van der Waals surface area contributed by atoms with E-state index in [2.05, 4.69) is 22.2 Å². The average Bonchev–Trinajstić information content (AvgIpc) is 2.70. The van der Waals surface area contributed by atoms with Gasteiger partial charge in [-0.05, 0) is 24.8 Å². The van der Waals surface area contributed by atoms with Crippen LogP contribution in [0.2, 0.25) is 0 Å². The Morgan fingerprint density at radius 3 is 2.85 bits per heavy atom. The zero-order valence-corrected chi connectivity index (χ0v) is 15.9. The van der Waals surface area contributed by atoms with E-state index in [1.807, 2.05) is 30.3 Å². The third-order valence-electron chi connectivity index (χ3n) is 5.02. The average molecular weight is 368 g/mol. The highest BCUT2D eigenvalue weighted by Crippen LogP contribution is 2.21. The van der Waals surface area contributed by atoms with Gasteiger partial charge in [-0.3, -0.25) is 9.59 Å². The molecule has 1 fully saturated rings. The van der Waals surface area contributed by atoms with Gasteiger partial charge in [-0.1, -0.05) is 43.7 Å². The summed E-state index contributed by atoms with van der Waals surface area (Å²) in [5.74, 6) is 0.0980. The Morgan fingerprint density at radius 2 is 2.11 bits per heavy atom. The highest BCUT2D eigenvalue weighted by atomic mass is 16.2. The summed E-state index contributed by atoms with van der Waals surface area (Å²) in [4.78, 5) is 26.9. The number of anilines is 1. The lowest BCUT2D eigenvalue weighted by molar-refractivity contribution is -0.125. The zero-order chi connectivity index (χ0) is 19.1. The second kappa shape index (κ2) is 9.35. The van der Waals surface area contributed by atoms with Gasteiger partial charge in [0.15, 0.2) is 0 Å². The number of carbonyl (C=O) groups is 1. The Balaban J connectivity index is 1.64. The van der Waals surface area contributed by atoms with Gasteiger partial charge in [-0.15, -0.1) is 0 Å². The lowest BCUT2D eigenvalue weighted by Gasteiger charge is -2.33. The van der Waals surface area contributed by atoms with Gasteiger partial charge in [0.25, 0.3) is 5.56 Å². The molecule has 1 amide bonds. The first kappa shape index (κ1) is 19.1. The molecule has 0 radical (unpaired) electrons. The molecule has 6 heteroatoms. The molecule has 1 atom stereocenters. The van der Waals surface area contributed by atoms with E-state index in [0.717, 1.165) is 50.0 Å². The van der Waals surface area contributed by atoms with Gasteiger partial charge in [-0.2, -0.15) is 5.10 Å². The van der Waals surface area contributed by atoms with Gasteiger partial charge in [0, 0.05) is 25.7 Å². The molecular weight excluding hydrogens is 340 g/mol. The summed E-state index contributed by atoms with van der Waals surface area (Å²) < 4.78 is 1.47. The normalized spacial score (nSPS) is 16.9. The number of hydrogen-bond acceptors (Lipinski definition) is 4. The fraction of sp³-hybridized carbons (Fsp3) is 0.476. The Hall–Kier alpha value is -2.63. The molecule has 0 aliphatic carbocycles. The van der Waals surface area contributed by atoms with E-state index in [0.29, 0.717) is 13.1 Å². The number of piperidine rings is 1. The van der Waals surface area contributed by atoms with Gasteiger partial charge < -0.3 is 10.2 Å². The quantitative estimate of drug-likeness (QED) is 0.762. The molecule has 1 aromatic carbocycles. The van der Waals surface area contributed by atoms with Crippen LogP contribution >= 0.6 is 0 Å². The summed E-state index contributed by atoms with van der Waals surface area (Å²) in [6.07, 6.45) is 5.65. The SMILES string of the molecule is CCCCNC(=O)C1CCCN(c2cnn(Cc3ccccc3)c(=O)c2)C1. The van der Waals surface area contributed by atoms with Crippen LogP contribution in [0.5, 0.6) is 0 Å². The van der Waals surface area contributed by atoms with E-state index in [4.69, 9.17) is 0 Å². The van der Waals surface area contributed by atoms with E-state index in [1.54, 1.807) is 12.3 Å².